The number of carbonyl (C=O) groups is 1. The van der Waals surface area contributed by atoms with Gasteiger partial charge in [0.15, 0.2) is 0 Å². The Labute approximate surface area is 84.3 Å². The molecule has 1 heterocycles. The molecule has 14 heavy (non-hydrogen) atoms. The molecule has 0 aromatic carbocycles. The van der Waals surface area contributed by atoms with Crippen molar-refractivity contribution in [3.05, 3.63) is 23.7 Å². The van der Waals surface area contributed by atoms with Crippen molar-refractivity contribution < 1.29 is 9.21 Å². The summed E-state index contributed by atoms with van der Waals surface area (Å²) in [5.74, 6) is 0.426. The predicted octanol–water partition coefficient (Wildman–Crippen LogP) is 2.53. The molecule has 1 aromatic heterocycles. The summed E-state index contributed by atoms with van der Waals surface area (Å²) < 4.78 is 5.31. The average molecular weight is 195 g/mol. The van der Waals surface area contributed by atoms with Crippen LogP contribution in [0.5, 0.6) is 0 Å². The Morgan fingerprint density at radius 3 is 2.50 bits per heavy atom. The molecule has 0 saturated heterocycles. The van der Waals surface area contributed by atoms with Crippen LogP contribution in [0.4, 0.5) is 0 Å². The summed E-state index contributed by atoms with van der Waals surface area (Å²) in [6, 6.07) is 1.62. The van der Waals surface area contributed by atoms with E-state index in [0.717, 1.165) is 0 Å². The van der Waals surface area contributed by atoms with Gasteiger partial charge in [-0.15, -0.1) is 0 Å². The van der Waals surface area contributed by atoms with Gasteiger partial charge in [-0.3, -0.25) is 4.79 Å². The maximum absolute atomic E-state index is 11.1. The molecule has 3 nitrogen and oxygen atoms in total. The third kappa shape index (κ3) is 1.97. The number of furan rings is 1. The lowest BCUT2D eigenvalue weighted by molar-refractivity contribution is 0.0996. The maximum atomic E-state index is 11.1. The molecular weight excluding hydrogens is 178 g/mol. The number of nitrogens with two attached hydrogens (primary N) is 1. The van der Waals surface area contributed by atoms with E-state index in [-0.39, 0.29) is 11.3 Å². The smallest absolute Gasteiger partial charge is 0.252 e. The number of rotatable bonds is 2. The first-order chi connectivity index (χ1) is 6.34. The predicted molar refractivity (Wildman–Crippen MR) is 55.1 cm³/mol. The fourth-order valence-electron chi connectivity index (χ4n) is 1.25. The van der Waals surface area contributed by atoms with Crippen LogP contribution in [0, 0.1) is 5.41 Å². The molecule has 2 N–H and O–H groups in total. The topological polar surface area (TPSA) is 56.2 Å². The summed E-state index contributed by atoms with van der Waals surface area (Å²) in [5, 5.41) is 0. The Bertz CT molecular complexity index is 333. The second-order valence-corrected chi connectivity index (χ2v) is 4.65. The molecule has 0 aliphatic rings. The zero-order valence-corrected chi connectivity index (χ0v) is 9.13. The molecule has 0 radical (unpaired) electrons. The first-order valence-corrected chi connectivity index (χ1v) is 4.71. The van der Waals surface area contributed by atoms with E-state index in [2.05, 4.69) is 20.8 Å². The Morgan fingerprint density at radius 2 is 2.07 bits per heavy atom. The molecule has 0 aliphatic carbocycles. The quantitative estimate of drug-likeness (QED) is 0.788. The van der Waals surface area contributed by atoms with E-state index < -0.39 is 5.91 Å². The van der Waals surface area contributed by atoms with Crippen molar-refractivity contribution in [3.63, 3.8) is 0 Å². The third-order valence-electron chi connectivity index (χ3n) is 2.65. The normalized spacial score (nSPS) is 14.0. The van der Waals surface area contributed by atoms with Crippen molar-refractivity contribution in [2.24, 2.45) is 11.1 Å². The van der Waals surface area contributed by atoms with Crippen LogP contribution in [0.15, 0.2) is 16.7 Å². The molecule has 0 fully saturated rings. The lowest BCUT2D eigenvalue weighted by atomic mass is 9.79. The minimum absolute atomic E-state index is 0.0576. The van der Waals surface area contributed by atoms with Gasteiger partial charge < -0.3 is 10.2 Å². The largest absolute Gasteiger partial charge is 0.468 e. The molecular formula is C11H17NO2. The van der Waals surface area contributed by atoms with Gasteiger partial charge in [0, 0.05) is 5.92 Å². The van der Waals surface area contributed by atoms with Gasteiger partial charge in [-0.2, -0.15) is 0 Å². The lowest BCUT2D eigenvalue weighted by Crippen LogP contribution is -2.19. The van der Waals surface area contributed by atoms with E-state index in [1.807, 2.05) is 6.92 Å². The molecule has 1 atom stereocenters. The number of hydrogen-bond donors (Lipinski definition) is 1. The molecule has 0 aliphatic heterocycles. The van der Waals surface area contributed by atoms with Crippen LogP contribution in [0.2, 0.25) is 0 Å². The van der Waals surface area contributed by atoms with Crippen molar-refractivity contribution in [1.29, 1.82) is 0 Å². The first-order valence-electron chi connectivity index (χ1n) is 4.71. The molecule has 1 aromatic rings. The second kappa shape index (κ2) is 3.48. The standard InChI is InChI=1S/C11H17NO2/c1-7(11(2,3)4)9-8(10(12)13)5-6-14-9/h5-7H,1-4H3,(H2,12,13). The highest BCUT2D eigenvalue weighted by atomic mass is 16.3. The summed E-state index contributed by atoms with van der Waals surface area (Å²) in [6.07, 6.45) is 1.51. The van der Waals surface area contributed by atoms with Crippen LogP contribution in [0.3, 0.4) is 0 Å². The SMILES string of the molecule is CC(c1occc1C(N)=O)C(C)(C)C. The van der Waals surface area contributed by atoms with Crippen molar-refractivity contribution in [2.75, 3.05) is 0 Å². The van der Waals surface area contributed by atoms with Crippen molar-refractivity contribution in [1.82, 2.24) is 0 Å². The van der Waals surface area contributed by atoms with Gasteiger partial charge in [0.2, 0.25) is 0 Å². The minimum atomic E-state index is -0.426. The van der Waals surface area contributed by atoms with Crippen LogP contribution in [-0.4, -0.2) is 5.91 Å². The highest BCUT2D eigenvalue weighted by Crippen LogP contribution is 2.36. The van der Waals surface area contributed by atoms with Crippen LogP contribution >= 0.6 is 0 Å². The van der Waals surface area contributed by atoms with Gasteiger partial charge in [-0.25, -0.2) is 0 Å². The first kappa shape index (κ1) is 10.8. The van der Waals surface area contributed by atoms with Gasteiger partial charge in [0.1, 0.15) is 5.76 Å². The molecule has 1 rings (SSSR count). The number of hydrogen-bond acceptors (Lipinski definition) is 2. The summed E-state index contributed by atoms with van der Waals surface area (Å²) in [4.78, 5) is 11.1. The minimum Gasteiger partial charge on any atom is -0.468 e. The molecule has 0 spiro atoms. The molecule has 1 unspecified atom stereocenters. The zero-order valence-electron chi connectivity index (χ0n) is 9.13. The fourth-order valence-corrected chi connectivity index (χ4v) is 1.25. The van der Waals surface area contributed by atoms with Crippen LogP contribution in [0.25, 0.3) is 0 Å². The molecule has 0 bridgehead atoms. The number of amides is 1. The number of carbonyl (C=O) groups excluding carboxylic acids is 1. The number of primary amides is 1. The van der Waals surface area contributed by atoms with E-state index >= 15 is 0 Å². The lowest BCUT2D eigenvalue weighted by Gasteiger charge is -2.25. The van der Waals surface area contributed by atoms with Gasteiger partial charge in [0.25, 0.3) is 5.91 Å². The molecule has 3 heteroatoms. The second-order valence-electron chi connectivity index (χ2n) is 4.65. The monoisotopic (exact) mass is 195 g/mol. The van der Waals surface area contributed by atoms with Crippen LogP contribution in [0.1, 0.15) is 49.7 Å². The summed E-state index contributed by atoms with van der Waals surface area (Å²) in [5.41, 5.74) is 5.79. The van der Waals surface area contributed by atoms with E-state index in [0.29, 0.717) is 11.3 Å². The van der Waals surface area contributed by atoms with Crippen molar-refractivity contribution in [3.8, 4) is 0 Å². The van der Waals surface area contributed by atoms with Crippen molar-refractivity contribution >= 4 is 5.91 Å². The molecule has 1 amide bonds. The Kier molecular flexibility index (Phi) is 2.69. The summed E-state index contributed by atoms with van der Waals surface area (Å²) >= 11 is 0. The van der Waals surface area contributed by atoms with E-state index in [1.165, 1.54) is 6.26 Å². The van der Waals surface area contributed by atoms with Crippen LogP contribution in [-0.2, 0) is 0 Å². The van der Waals surface area contributed by atoms with E-state index in [9.17, 15) is 4.79 Å². The van der Waals surface area contributed by atoms with E-state index in [4.69, 9.17) is 10.2 Å². The highest BCUT2D eigenvalue weighted by Gasteiger charge is 2.27. The van der Waals surface area contributed by atoms with E-state index in [1.54, 1.807) is 6.07 Å². The van der Waals surface area contributed by atoms with Gasteiger partial charge in [0.05, 0.1) is 11.8 Å². The average Bonchev–Trinajstić information content (AvgIpc) is 2.48. The Morgan fingerprint density at radius 1 is 1.50 bits per heavy atom. The van der Waals surface area contributed by atoms with Gasteiger partial charge in [-0.05, 0) is 11.5 Å². The Balaban J connectivity index is 3.07. The summed E-state index contributed by atoms with van der Waals surface area (Å²) in [7, 11) is 0. The molecule has 0 saturated carbocycles. The van der Waals surface area contributed by atoms with Crippen molar-refractivity contribution in [2.45, 2.75) is 33.6 Å². The summed E-state index contributed by atoms with van der Waals surface area (Å²) in [6.45, 7) is 8.34. The van der Waals surface area contributed by atoms with Gasteiger partial charge in [-0.1, -0.05) is 27.7 Å². The fraction of sp³-hybridized carbons (Fsp3) is 0.545. The van der Waals surface area contributed by atoms with Gasteiger partial charge >= 0.3 is 0 Å². The third-order valence-corrected chi connectivity index (χ3v) is 2.65. The zero-order chi connectivity index (χ0) is 10.9. The Hall–Kier alpha value is -1.25. The van der Waals surface area contributed by atoms with Crippen LogP contribution < -0.4 is 5.73 Å². The highest BCUT2D eigenvalue weighted by molar-refractivity contribution is 5.93. The molecule has 78 valence electrons. The maximum Gasteiger partial charge on any atom is 0.252 e.